The molecule has 0 amide bonds. The van der Waals surface area contributed by atoms with Crippen LogP contribution in [0.25, 0.3) is 0 Å². The molecule has 0 aliphatic rings. The van der Waals surface area contributed by atoms with Gasteiger partial charge in [-0.2, -0.15) is 0 Å². The Labute approximate surface area is 101 Å². The first-order valence-electron chi connectivity index (χ1n) is 6.43. The molecule has 0 radical (unpaired) electrons. The third-order valence-electron chi connectivity index (χ3n) is 3.08. The second kappa shape index (κ2) is 8.93. The fourth-order valence-electron chi connectivity index (χ4n) is 1.89. The molecule has 0 aromatic carbocycles. The Morgan fingerprint density at radius 2 is 1.94 bits per heavy atom. The summed E-state index contributed by atoms with van der Waals surface area (Å²) in [6.45, 7) is 10.8. The number of nitrogens with zero attached hydrogens (tertiary/aromatic N) is 1. The van der Waals surface area contributed by atoms with Gasteiger partial charge in [0.05, 0.1) is 0 Å². The van der Waals surface area contributed by atoms with Crippen LogP contribution in [-0.2, 0) is 0 Å². The molecule has 4 N–H and O–H groups in total. The summed E-state index contributed by atoms with van der Waals surface area (Å²) >= 11 is 0. The first-order valence-corrected chi connectivity index (χ1v) is 6.43. The summed E-state index contributed by atoms with van der Waals surface area (Å²) in [7, 11) is 1.90. The summed E-state index contributed by atoms with van der Waals surface area (Å²) in [5.74, 6) is 0. The van der Waals surface area contributed by atoms with Crippen molar-refractivity contribution in [1.29, 1.82) is 0 Å². The van der Waals surface area contributed by atoms with Crippen LogP contribution in [0.1, 0.15) is 40.0 Å². The summed E-state index contributed by atoms with van der Waals surface area (Å²) in [4.78, 5) is 2.54. The maximum Gasteiger partial charge on any atom is 0.0228 e. The molecule has 4 nitrogen and oxygen atoms in total. The lowest BCUT2D eigenvalue weighted by atomic mass is 9.97. The van der Waals surface area contributed by atoms with Crippen molar-refractivity contribution in [3.05, 3.63) is 0 Å². The van der Waals surface area contributed by atoms with Gasteiger partial charge in [-0.05, 0) is 46.8 Å². The Bertz CT molecular complexity index is 159. The molecule has 16 heavy (non-hydrogen) atoms. The Morgan fingerprint density at radius 3 is 2.44 bits per heavy atom. The van der Waals surface area contributed by atoms with Crippen LogP contribution >= 0.6 is 0 Å². The summed E-state index contributed by atoms with van der Waals surface area (Å²) in [5, 5.41) is 0. The lowest BCUT2D eigenvalue weighted by molar-refractivity contribution is 0.111. The summed E-state index contributed by atoms with van der Waals surface area (Å²) < 4.78 is 0. The van der Waals surface area contributed by atoms with E-state index in [-0.39, 0.29) is 5.54 Å². The first kappa shape index (κ1) is 15.8. The fourth-order valence-corrected chi connectivity index (χ4v) is 1.89. The third kappa shape index (κ3) is 6.43. The zero-order valence-corrected chi connectivity index (χ0v) is 11.5. The smallest absolute Gasteiger partial charge is 0.0228 e. The van der Waals surface area contributed by atoms with Crippen molar-refractivity contribution in [1.82, 2.24) is 15.8 Å². The Hall–Kier alpha value is -0.160. The molecule has 0 aliphatic carbocycles. The summed E-state index contributed by atoms with van der Waals surface area (Å²) in [6.07, 6.45) is 3.55. The van der Waals surface area contributed by atoms with Gasteiger partial charge in [0.15, 0.2) is 0 Å². The second-order valence-electron chi connectivity index (χ2n) is 4.87. The largest absolute Gasteiger partial charge is 0.330 e. The predicted molar refractivity (Wildman–Crippen MR) is 71.3 cm³/mol. The highest BCUT2D eigenvalue weighted by atomic mass is 15.3. The molecular weight excluding hydrogens is 200 g/mol. The quantitative estimate of drug-likeness (QED) is 0.386. The van der Waals surface area contributed by atoms with Gasteiger partial charge >= 0.3 is 0 Å². The predicted octanol–water partition coefficient (Wildman–Crippen LogP) is 0.940. The Balaban J connectivity index is 4.16. The van der Waals surface area contributed by atoms with E-state index in [9.17, 15) is 0 Å². The zero-order valence-electron chi connectivity index (χ0n) is 11.5. The van der Waals surface area contributed by atoms with Gasteiger partial charge in [-0.1, -0.05) is 13.3 Å². The Kier molecular flexibility index (Phi) is 8.84. The topological polar surface area (TPSA) is 53.3 Å². The molecule has 98 valence electrons. The lowest BCUT2D eigenvalue weighted by Crippen LogP contribution is -2.49. The minimum Gasteiger partial charge on any atom is -0.330 e. The number of nitrogens with one attached hydrogen (secondary N) is 2. The average molecular weight is 230 g/mol. The van der Waals surface area contributed by atoms with E-state index in [2.05, 4.69) is 36.5 Å². The molecule has 0 rings (SSSR count). The van der Waals surface area contributed by atoms with E-state index in [4.69, 9.17) is 5.73 Å². The highest BCUT2D eigenvalue weighted by molar-refractivity contribution is 4.82. The Morgan fingerprint density at radius 1 is 1.25 bits per heavy atom. The second-order valence-corrected chi connectivity index (χ2v) is 4.87. The fraction of sp³-hybridized carbons (Fsp3) is 1.00. The number of unbranched alkanes of at least 4 members (excludes halogenated alkanes) is 1. The maximum absolute atomic E-state index is 5.68. The van der Waals surface area contributed by atoms with E-state index < -0.39 is 0 Å². The van der Waals surface area contributed by atoms with Crippen LogP contribution in [0.3, 0.4) is 0 Å². The van der Waals surface area contributed by atoms with E-state index >= 15 is 0 Å². The molecule has 0 saturated carbocycles. The highest BCUT2D eigenvalue weighted by Gasteiger charge is 2.24. The number of hydrogen-bond acceptors (Lipinski definition) is 4. The number of nitrogens with two attached hydrogens (primary N) is 1. The van der Waals surface area contributed by atoms with Crippen molar-refractivity contribution in [2.75, 3.05) is 33.2 Å². The van der Waals surface area contributed by atoms with Gasteiger partial charge in [-0.25, -0.2) is 0 Å². The first-order chi connectivity index (χ1) is 7.58. The molecule has 0 saturated heterocycles. The minimum absolute atomic E-state index is 0.208. The SMILES string of the molecule is CCCCN(CCNNC)C(C)(C)CCN. The maximum atomic E-state index is 5.68. The molecule has 0 bridgehead atoms. The number of hydrogen-bond donors (Lipinski definition) is 3. The van der Waals surface area contributed by atoms with E-state index in [1.165, 1.54) is 12.8 Å². The van der Waals surface area contributed by atoms with Crippen LogP contribution in [0, 0.1) is 0 Å². The third-order valence-corrected chi connectivity index (χ3v) is 3.08. The van der Waals surface area contributed by atoms with Gasteiger partial charge in [-0.3, -0.25) is 15.8 Å². The number of rotatable bonds is 10. The molecule has 4 heteroatoms. The van der Waals surface area contributed by atoms with E-state index in [0.717, 1.165) is 32.6 Å². The summed E-state index contributed by atoms with van der Waals surface area (Å²) in [5.41, 5.74) is 12.0. The van der Waals surface area contributed by atoms with Crippen LogP contribution in [0.5, 0.6) is 0 Å². The zero-order chi connectivity index (χ0) is 12.4. The van der Waals surface area contributed by atoms with Crippen molar-refractivity contribution in [3.8, 4) is 0 Å². The van der Waals surface area contributed by atoms with E-state index in [0.29, 0.717) is 0 Å². The standard InChI is InChI=1S/C12H30N4/c1-5-6-10-16(11-9-15-14-4)12(2,3)7-8-13/h14-15H,5-11,13H2,1-4H3. The monoisotopic (exact) mass is 230 g/mol. The molecule has 0 spiro atoms. The van der Waals surface area contributed by atoms with Crippen molar-refractivity contribution < 1.29 is 0 Å². The average Bonchev–Trinajstić information content (AvgIpc) is 2.22. The molecular formula is C12H30N4. The van der Waals surface area contributed by atoms with E-state index in [1.807, 2.05) is 7.05 Å². The van der Waals surface area contributed by atoms with Crippen LogP contribution < -0.4 is 16.6 Å². The van der Waals surface area contributed by atoms with Crippen LogP contribution in [0.15, 0.2) is 0 Å². The van der Waals surface area contributed by atoms with E-state index in [1.54, 1.807) is 0 Å². The van der Waals surface area contributed by atoms with Crippen molar-refractivity contribution in [3.63, 3.8) is 0 Å². The highest BCUT2D eigenvalue weighted by Crippen LogP contribution is 2.18. The summed E-state index contributed by atoms with van der Waals surface area (Å²) in [6, 6.07) is 0. The molecule has 0 unspecified atom stereocenters. The van der Waals surface area contributed by atoms with Crippen LogP contribution in [-0.4, -0.2) is 43.7 Å². The molecule has 0 atom stereocenters. The minimum atomic E-state index is 0.208. The van der Waals surface area contributed by atoms with Gasteiger partial charge in [-0.15, -0.1) is 0 Å². The normalized spacial score (nSPS) is 12.4. The van der Waals surface area contributed by atoms with Gasteiger partial charge in [0.25, 0.3) is 0 Å². The van der Waals surface area contributed by atoms with Gasteiger partial charge in [0.1, 0.15) is 0 Å². The van der Waals surface area contributed by atoms with Crippen molar-refractivity contribution in [2.45, 2.75) is 45.6 Å². The van der Waals surface area contributed by atoms with Gasteiger partial charge in [0, 0.05) is 18.6 Å². The molecule has 0 aliphatic heterocycles. The van der Waals surface area contributed by atoms with Crippen molar-refractivity contribution in [2.24, 2.45) is 5.73 Å². The molecule has 0 aromatic rings. The van der Waals surface area contributed by atoms with Crippen molar-refractivity contribution >= 4 is 0 Å². The lowest BCUT2D eigenvalue weighted by Gasteiger charge is -2.38. The van der Waals surface area contributed by atoms with Gasteiger partial charge in [0.2, 0.25) is 0 Å². The molecule has 0 aromatic heterocycles. The van der Waals surface area contributed by atoms with Crippen LogP contribution in [0.2, 0.25) is 0 Å². The number of hydrazine groups is 1. The van der Waals surface area contributed by atoms with Crippen LogP contribution in [0.4, 0.5) is 0 Å². The molecule has 0 heterocycles. The molecule has 0 fully saturated rings. The van der Waals surface area contributed by atoms with Gasteiger partial charge < -0.3 is 5.73 Å².